The lowest BCUT2D eigenvalue weighted by molar-refractivity contribution is -0.137. The van der Waals surface area contributed by atoms with E-state index in [1.165, 1.54) is 35.6 Å². The maximum atomic E-state index is 13.0. The molecule has 0 aliphatic heterocycles. The number of hydrogen-bond acceptors (Lipinski definition) is 3. The lowest BCUT2D eigenvalue weighted by Crippen LogP contribution is -2.27. The first-order valence-corrected chi connectivity index (χ1v) is 9.58. The zero-order valence-corrected chi connectivity index (χ0v) is 17.2. The van der Waals surface area contributed by atoms with Gasteiger partial charge in [-0.15, -0.1) is 0 Å². The Kier molecular flexibility index (Phi) is 5.18. The van der Waals surface area contributed by atoms with Gasteiger partial charge in [-0.3, -0.25) is 9.20 Å². The van der Waals surface area contributed by atoms with Gasteiger partial charge < -0.3 is 4.90 Å². The summed E-state index contributed by atoms with van der Waals surface area (Å²) in [7, 11) is 1.63. The molecule has 2 aromatic carbocycles. The van der Waals surface area contributed by atoms with Crippen LogP contribution in [0.2, 0.25) is 5.02 Å². The van der Waals surface area contributed by atoms with Crippen LogP contribution in [0.4, 0.5) is 18.9 Å². The van der Waals surface area contributed by atoms with Crippen molar-refractivity contribution in [2.45, 2.75) is 13.1 Å². The van der Waals surface area contributed by atoms with E-state index < -0.39 is 11.7 Å². The second-order valence-corrected chi connectivity index (χ2v) is 7.42. The van der Waals surface area contributed by atoms with Gasteiger partial charge in [-0.25, -0.2) is 9.97 Å². The molecule has 4 rings (SSSR count). The molecule has 0 saturated heterocycles. The maximum absolute atomic E-state index is 13.0. The molecule has 0 N–H and O–H groups in total. The van der Waals surface area contributed by atoms with Gasteiger partial charge in [0.1, 0.15) is 5.69 Å². The van der Waals surface area contributed by atoms with Crippen LogP contribution in [0, 0.1) is 6.92 Å². The minimum atomic E-state index is -4.41. The number of amides is 1. The summed E-state index contributed by atoms with van der Waals surface area (Å²) in [5.41, 5.74) is 2.47. The summed E-state index contributed by atoms with van der Waals surface area (Å²) in [4.78, 5) is 22.9. The largest absolute Gasteiger partial charge is 0.416 e. The minimum Gasteiger partial charge on any atom is -0.310 e. The number of aryl methyl sites for hydroxylation is 1. The molecule has 4 aromatic rings. The Hall–Kier alpha value is -3.39. The minimum absolute atomic E-state index is 0.161. The van der Waals surface area contributed by atoms with Crippen molar-refractivity contribution in [1.82, 2.24) is 14.4 Å². The van der Waals surface area contributed by atoms with Gasteiger partial charge in [0.25, 0.3) is 5.91 Å². The molecule has 5 nitrogen and oxygen atoms in total. The number of anilines is 1. The van der Waals surface area contributed by atoms with Crippen LogP contribution in [0.1, 0.15) is 21.6 Å². The summed E-state index contributed by atoms with van der Waals surface area (Å²) in [5, 5.41) is 0.601. The number of nitrogens with zero attached hydrogens (tertiary/aromatic N) is 4. The average molecular weight is 445 g/mol. The molecule has 2 aromatic heterocycles. The molecule has 0 radical (unpaired) electrons. The quantitative estimate of drug-likeness (QED) is 0.410. The Morgan fingerprint density at radius 1 is 1.06 bits per heavy atom. The van der Waals surface area contributed by atoms with Crippen molar-refractivity contribution in [2.24, 2.45) is 0 Å². The molecular formula is C22H16ClF3N4O. The fraction of sp³-hybridized carbons (Fsp3) is 0.136. The molecule has 1 amide bonds. The number of carbonyl (C=O) groups excluding carboxylic acids is 1. The van der Waals surface area contributed by atoms with Gasteiger partial charge in [-0.2, -0.15) is 13.2 Å². The summed E-state index contributed by atoms with van der Waals surface area (Å²) >= 11 is 6.06. The molecule has 0 aliphatic rings. The molecular weight excluding hydrogens is 429 g/mol. The van der Waals surface area contributed by atoms with Gasteiger partial charge in [-0.05, 0) is 42.8 Å². The fourth-order valence-electron chi connectivity index (χ4n) is 3.17. The smallest absolute Gasteiger partial charge is 0.310 e. The summed E-state index contributed by atoms with van der Waals surface area (Å²) in [5.74, 6) is -0.351. The normalized spacial score (nSPS) is 11.7. The summed E-state index contributed by atoms with van der Waals surface area (Å²) in [6.07, 6.45) is 0.0883. The fourth-order valence-corrected chi connectivity index (χ4v) is 3.29. The van der Waals surface area contributed by atoms with Gasteiger partial charge in [0.05, 0.1) is 23.7 Å². The van der Waals surface area contributed by atoms with Crippen LogP contribution in [0.15, 0.2) is 61.1 Å². The Morgan fingerprint density at radius 2 is 1.77 bits per heavy atom. The highest BCUT2D eigenvalue weighted by Gasteiger charge is 2.30. The first-order valence-electron chi connectivity index (χ1n) is 9.20. The topological polar surface area (TPSA) is 50.5 Å². The van der Waals surface area contributed by atoms with E-state index in [1.54, 1.807) is 29.6 Å². The highest BCUT2D eigenvalue weighted by atomic mass is 35.5. The van der Waals surface area contributed by atoms with E-state index in [4.69, 9.17) is 11.6 Å². The van der Waals surface area contributed by atoms with E-state index in [9.17, 15) is 18.0 Å². The second kappa shape index (κ2) is 7.70. The van der Waals surface area contributed by atoms with Crippen molar-refractivity contribution in [3.05, 3.63) is 82.9 Å². The predicted octanol–water partition coefficient (Wildman–Crippen LogP) is 5.65. The van der Waals surface area contributed by atoms with Crippen LogP contribution in [0.25, 0.3) is 16.9 Å². The standard InChI is InChI=1S/C22H16ClF3N4O/c1-13-9-16(7-8-17(13)23)29(2)21(31)18-12-30-19(10-28-20(30)11-27-18)14-3-5-15(6-4-14)22(24,25)26/h3-12H,1-2H3. The first-order chi connectivity index (χ1) is 14.6. The lowest BCUT2D eigenvalue weighted by Gasteiger charge is -2.18. The molecule has 0 fully saturated rings. The third-order valence-corrected chi connectivity index (χ3v) is 5.38. The first kappa shape index (κ1) is 20.9. The van der Waals surface area contributed by atoms with Crippen molar-refractivity contribution >= 4 is 28.8 Å². The molecule has 2 heterocycles. The molecule has 0 saturated carbocycles. The third-order valence-electron chi connectivity index (χ3n) is 4.96. The number of aromatic nitrogens is 3. The number of hydrogen-bond donors (Lipinski definition) is 0. The zero-order valence-electron chi connectivity index (χ0n) is 16.5. The Morgan fingerprint density at radius 3 is 2.42 bits per heavy atom. The van der Waals surface area contributed by atoms with Crippen molar-refractivity contribution in [2.75, 3.05) is 11.9 Å². The number of rotatable bonds is 3. The van der Waals surface area contributed by atoms with E-state index in [1.807, 2.05) is 6.92 Å². The Labute approximate surface area is 180 Å². The molecule has 31 heavy (non-hydrogen) atoms. The molecule has 0 spiro atoms. The molecule has 158 valence electrons. The van der Waals surface area contributed by atoms with Gasteiger partial charge in [0.15, 0.2) is 5.65 Å². The molecule has 0 aliphatic carbocycles. The highest BCUT2D eigenvalue weighted by Crippen LogP contribution is 2.31. The zero-order chi connectivity index (χ0) is 22.3. The molecule has 9 heteroatoms. The Bertz CT molecular complexity index is 1280. The number of alkyl halides is 3. The van der Waals surface area contributed by atoms with Gasteiger partial charge in [0, 0.05) is 29.5 Å². The number of halogens is 4. The van der Waals surface area contributed by atoms with Crippen LogP contribution in [-0.2, 0) is 6.18 Å². The molecule has 0 unspecified atom stereocenters. The van der Waals surface area contributed by atoms with Crippen molar-refractivity contribution in [3.8, 4) is 11.3 Å². The van der Waals surface area contributed by atoms with E-state index in [0.717, 1.165) is 17.7 Å². The van der Waals surface area contributed by atoms with Crippen LogP contribution < -0.4 is 4.90 Å². The maximum Gasteiger partial charge on any atom is 0.416 e. The van der Waals surface area contributed by atoms with Crippen LogP contribution in [0.5, 0.6) is 0 Å². The molecule has 0 bridgehead atoms. The average Bonchev–Trinajstić information content (AvgIpc) is 3.17. The second-order valence-electron chi connectivity index (χ2n) is 7.02. The number of carbonyl (C=O) groups is 1. The van der Waals surface area contributed by atoms with E-state index in [0.29, 0.717) is 27.6 Å². The summed E-state index contributed by atoms with van der Waals surface area (Å²) in [6, 6.07) is 10.0. The van der Waals surface area contributed by atoms with Crippen molar-refractivity contribution in [3.63, 3.8) is 0 Å². The lowest BCUT2D eigenvalue weighted by atomic mass is 10.1. The Balaban J connectivity index is 1.69. The van der Waals surface area contributed by atoms with Crippen LogP contribution in [0.3, 0.4) is 0 Å². The summed E-state index contributed by atoms with van der Waals surface area (Å²) < 4.78 is 40.2. The monoisotopic (exact) mass is 444 g/mol. The van der Waals surface area contributed by atoms with Gasteiger partial charge >= 0.3 is 6.18 Å². The number of benzene rings is 2. The van der Waals surface area contributed by atoms with Gasteiger partial charge in [0.2, 0.25) is 0 Å². The molecule has 0 atom stereocenters. The van der Waals surface area contributed by atoms with Gasteiger partial charge in [-0.1, -0.05) is 23.7 Å². The van der Waals surface area contributed by atoms with Crippen molar-refractivity contribution < 1.29 is 18.0 Å². The van der Waals surface area contributed by atoms with E-state index >= 15 is 0 Å². The van der Waals surface area contributed by atoms with Crippen molar-refractivity contribution in [1.29, 1.82) is 0 Å². The third kappa shape index (κ3) is 3.98. The highest BCUT2D eigenvalue weighted by molar-refractivity contribution is 6.31. The van der Waals surface area contributed by atoms with Crippen LogP contribution >= 0.6 is 11.6 Å². The van der Waals surface area contributed by atoms with Crippen LogP contribution in [-0.4, -0.2) is 27.3 Å². The number of imidazole rings is 1. The number of fused-ring (bicyclic) bond motifs is 1. The van der Waals surface area contributed by atoms with E-state index in [-0.39, 0.29) is 11.6 Å². The SMILES string of the molecule is Cc1cc(N(C)C(=O)c2cn3c(-c4ccc(C(F)(F)F)cc4)cnc3cn2)ccc1Cl. The van der Waals surface area contributed by atoms with E-state index in [2.05, 4.69) is 9.97 Å². The summed E-state index contributed by atoms with van der Waals surface area (Å²) in [6.45, 7) is 1.84. The predicted molar refractivity (Wildman–Crippen MR) is 112 cm³/mol.